The molecule has 0 aromatic heterocycles. The first-order valence-corrected chi connectivity index (χ1v) is 3.28. The molecule has 0 aliphatic carbocycles. The highest BCUT2D eigenvalue weighted by molar-refractivity contribution is 5.70. The number of rotatable bonds is 4. The van der Waals surface area contributed by atoms with Crippen molar-refractivity contribution in [1.29, 1.82) is 0 Å². The summed E-state index contributed by atoms with van der Waals surface area (Å²) in [5.41, 5.74) is 10.6. The molecular formula is C6H14N2O2. The predicted molar refractivity (Wildman–Crippen MR) is 38.4 cm³/mol. The molecule has 2 unspecified atom stereocenters. The third kappa shape index (κ3) is 2.80. The maximum Gasteiger partial charge on any atom is 0.308 e. The van der Waals surface area contributed by atoms with E-state index in [1.165, 1.54) is 0 Å². The molecule has 0 aromatic carbocycles. The van der Waals surface area contributed by atoms with Gasteiger partial charge in [0.15, 0.2) is 0 Å². The largest absolute Gasteiger partial charge is 0.481 e. The topological polar surface area (TPSA) is 89.3 Å². The summed E-state index contributed by atoms with van der Waals surface area (Å²) < 4.78 is 0. The standard InChI is InChI=1S/C6H14N2O2/c1-4(8)5(2-3-7)6(9)10/h4-5H,2-3,7-8H2,1H3,(H,9,10). The highest BCUT2D eigenvalue weighted by Crippen LogP contribution is 2.05. The molecule has 0 aliphatic heterocycles. The molecule has 4 heteroatoms. The monoisotopic (exact) mass is 146 g/mol. The predicted octanol–water partition coefficient (Wildman–Crippen LogP) is -0.617. The molecule has 0 amide bonds. The Bertz CT molecular complexity index is 114. The van der Waals surface area contributed by atoms with Crippen LogP contribution in [0.15, 0.2) is 0 Å². The van der Waals surface area contributed by atoms with Crippen molar-refractivity contribution in [2.75, 3.05) is 6.54 Å². The molecule has 2 atom stereocenters. The van der Waals surface area contributed by atoms with E-state index in [4.69, 9.17) is 16.6 Å². The first-order chi connectivity index (χ1) is 4.59. The van der Waals surface area contributed by atoms with E-state index in [9.17, 15) is 4.79 Å². The van der Waals surface area contributed by atoms with E-state index >= 15 is 0 Å². The van der Waals surface area contributed by atoms with Gasteiger partial charge in [0.1, 0.15) is 0 Å². The molecule has 0 spiro atoms. The molecule has 0 fully saturated rings. The summed E-state index contributed by atoms with van der Waals surface area (Å²) in [5, 5.41) is 8.54. The van der Waals surface area contributed by atoms with Gasteiger partial charge in [-0.1, -0.05) is 0 Å². The quantitative estimate of drug-likeness (QED) is 0.493. The lowest BCUT2D eigenvalue weighted by Gasteiger charge is -2.13. The van der Waals surface area contributed by atoms with Crippen molar-refractivity contribution in [2.45, 2.75) is 19.4 Å². The minimum Gasteiger partial charge on any atom is -0.481 e. The fraction of sp³-hybridized carbons (Fsp3) is 0.833. The summed E-state index contributed by atoms with van der Waals surface area (Å²) in [6, 6.07) is -0.318. The fourth-order valence-electron chi connectivity index (χ4n) is 0.791. The van der Waals surface area contributed by atoms with Crippen LogP contribution in [0.4, 0.5) is 0 Å². The van der Waals surface area contributed by atoms with E-state index in [0.717, 1.165) is 0 Å². The van der Waals surface area contributed by atoms with Crippen molar-refractivity contribution in [3.05, 3.63) is 0 Å². The van der Waals surface area contributed by atoms with Gasteiger partial charge in [-0.15, -0.1) is 0 Å². The van der Waals surface area contributed by atoms with Crippen LogP contribution in [0.5, 0.6) is 0 Å². The van der Waals surface area contributed by atoms with E-state index in [0.29, 0.717) is 13.0 Å². The van der Waals surface area contributed by atoms with Crippen molar-refractivity contribution in [1.82, 2.24) is 0 Å². The maximum absolute atomic E-state index is 10.4. The van der Waals surface area contributed by atoms with E-state index in [1.807, 2.05) is 0 Å². The number of aliphatic carboxylic acids is 1. The van der Waals surface area contributed by atoms with Crippen molar-refractivity contribution in [3.8, 4) is 0 Å². The smallest absolute Gasteiger partial charge is 0.308 e. The number of carboxylic acid groups (broad SMARTS) is 1. The molecule has 0 heterocycles. The molecule has 5 N–H and O–H groups in total. The number of hydrogen-bond donors (Lipinski definition) is 3. The lowest BCUT2D eigenvalue weighted by molar-refractivity contribution is -0.142. The van der Waals surface area contributed by atoms with Crippen LogP contribution in [0.25, 0.3) is 0 Å². The summed E-state index contributed by atoms with van der Waals surface area (Å²) in [6.45, 7) is 2.05. The van der Waals surface area contributed by atoms with Gasteiger partial charge in [0.2, 0.25) is 0 Å². The molecule has 0 aromatic rings. The van der Waals surface area contributed by atoms with Gasteiger partial charge >= 0.3 is 5.97 Å². The van der Waals surface area contributed by atoms with E-state index in [-0.39, 0.29) is 6.04 Å². The maximum atomic E-state index is 10.4. The van der Waals surface area contributed by atoms with Gasteiger partial charge in [-0.2, -0.15) is 0 Å². The molecule has 0 saturated heterocycles. The van der Waals surface area contributed by atoms with Crippen LogP contribution in [-0.2, 0) is 4.79 Å². The van der Waals surface area contributed by atoms with E-state index in [1.54, 1.807) is 6.92 Å². The Hall–Kier alpha value is -0.610. The third-order valence-corrected chi connectivity index (χ3v) is 1.43. The molecule has 0 saturated carbocycles. The van der Waals surface area contributed by atoms with E-state index < -0.39 is 11.9 Å². The summed E-state index contributed by atoms with van der Waals surface area (Å²) >= 11 is 0. The Morgan fingerprint density at radius 2 is 2.20 bits per heavy atom. The molecule has 4 nitrogen and oxygen atoms in total. The lowest BCUT2D eigenvalue weighted by atomic mass is 9.99. The number of carbonyl (C=O) groups is 1. The second kappa shape index (κ2) is 4.24. The summed E-state index contributed by atoms with van der Waals surface area (Å²) in [6.07, 6.45) is 0.451. The Kier molecular flexibility index (Phi) is 3.99. The van der Waals surface area contributed by atoms with Crippen molar-refractivity contribution >= 4 is 5.97 Å². The summed E-state index contributed by atoms with van der Waals surface area (Å²) in [5.74, 6) is -1.36. The van der Waals surface area contributed by atoms with Crippen LogP contribution in [0.2, 0.25) is 0 Å². The van der Waals surface area contributed by atoms with Gasteiger partial charge in [0.25, 0.3) is 0 Å². The van der Waals surface area contributed by atoms with Gasteiger partial charge in [0.05, 0.1) is 5.92 Å². The highest BCUT2D eigenvalue weighted by Gasteiger charge is 2.20. The Labute approximate surface area is 60.2 Å². The van der Waals surface area contributed by atoms with Gasteiger partial charge in [-0.25, -0.2) is 0 Å². The first kappa shape index (κ1) is 9.39. The van der Waals surface area contributed by atoms with Crippen LogP contribution < -0.4 is 11.5 Å². The average molecular weight is 146 g/mol. The second-order valence-electron chi connectivity index (χ2n) is 2.38. The van der Waals surface area contributed by atoms with Crippen molar-refractivity contribution in [3.63, 3.8) is 0 Å². The van der Waals surface area contributed by atoms with Crippen LogP contribution in [0.3, 0.4) is 0 Å². The second-order valence-corrected chi connectivity index (χ2v) is 2.38. The summed E-state index contributed by atoms with van der Waals surface area (Å²) in [7, 11) is 0. The minimum atomic E-state index is -0.861. The number of nitrogens with two attached hydrogens (primary N) is 2. The van der Waals surface area contributed by atoms with E-state index in [2.05, 4.69) is 0 Å². The molecule has 0 radical (unpaired) electrons. The van der Waals surface area contributed by atoms with Gasteiger partial charge in [0, 0.05) is 6.04 Å². The van der Waals surface area contributed by atoms with Crippen molar-refractivity contribution in [2.24, 2.45) is 17.4 Å². The van der Waals surface area contributed by atoms with Crippen molar-refractivity contribution < 1.29 is 9.90 Å². The molecule has 60 valence electrons. The van der Waals surface area contributed by atoms with Crippen LogP contribution in [0.1, 0.15) is 13.3 Å². The molecule has 0 bridgehead atoms. The van der Waals surface area contributed by atoms with Crippen LogP contribution in [0, 0.1) is 5.92 Å². The Morgan fingerprint density at radius 3 is 2.30 bits per heavy atom. The van der Waals surface area contributed by atoms with Gasteiger partial charge in [-0.05, 0) is 19.9 Å². The average Bonchev–Trinajstić information content (AvgIpc) is 1.81. The summed E-state index contributed by atoms with van der Waals surface area (Å²) in [4.78, 5) is 10.4. The minimum absolute atomic E-state index is 0.318. The molecule has 0 rings (SSSR count). The third-order valence-electron chi connectivity index (χ3n) is 1.43. The SMILES string of the molecule is CC(N)C(CCN)C(=O)O. The van der Waals surface area contributed by atoms with Crippen LogP contribution in [-0.4, -0.2) is 23.7 Å². The Balaban J connectivity index is 3.85. The Morgan fingerprint density at radius 1 is 1.70 bits per heavy atom. The zero-order valence-electron chi connectivity index (χ0n) is 6.08. The zero-order chi connectivity index (χ0) is 8.15. The lowest BCUT2D eigenvalue weighted by Crippen LogP contribution is -2.34. The van der Waals surface area contributed by atoms with Gasteiger partial charge in [-0.3, -0.25) is 4.79 Å². The number of carboxylic acids is 1. The van der Waals surface area contributed by atoms with Gasteiger partial charge < -0.3 is 16.6 Å². The molecular weight excluding hydrogens is 132 g/mol. The zero-order valence-corrected chi connectivity index (χ0v) is 6.08. The molecule has 10 heavy (non-hydrogen) atoms. The molecule has 0 aliphatic rings. The van der Waals surface area contributed by atoms with Crippen LogP contribution >= 0.6 is 0 Å². The highest BCUT2D eigenvalue weighted by atomic mass is 16.4. The number of hydrogen-bond acceptors (Lipinski definition) is 3. The fourth-order valence-corrected chi connectivity index (χ4v) is 0.791. The first-order valence-electron chi connectivity index (χ1n) is 3.28. The normalized spacial score (nSPS) is 16.3.